The van der Waals surface area contributed by atoms with Crippen LogP contribution in [0.15, 0.2) is 36.4 Å². The summed E-state index contributed by atoms with van der Waals surface area (Å²) in [5.41, 5.74) is 4.11. The zero-order valence-electron chi connectivity index (χ0n) is 11.8. The van der Waals surface area contributed by atoms with Gasteiger partial charge in [0.1, 0.15) is 5.75 Å². The molecule has 0 aliphatic carbocycles. The summed E-state index contributed by atoms with van der Waals surface area (Å²) in [6, 6.07) is 11.3. The quantitative estimate of drug-likeness (QED) is 0.690. The van der Waals surface area contributed by atoms with Crippen molar-refractivity contribution in [3.05, 3.63) is 63.2 Å². The van der Waals surface area contributed by atoms with Crippen LogP contribution in [0, 0.1) is 17.0 Å². The van der Waals surface area contributed by atoms with Crippen molar-refractivity contribution in [3.63, 3.8) is 0 Å². The van der Waals surface area contributed by atoms with E-state index in [-0.39, 0.29) is 10.6 Å². The maximum Gasteiger partial charge on any atom is 0.272 e. The highest BCUT2D eigenvalue weighted by molar-refractivity contribution is 5.54. The van der Waals surface area contributed by atoms with Crippen LogP contribution in [0.5, 0.6) is 5.75 Å². The summed E-state index contributed by atoms with van der Waals surface area (Å²) in [5, 5.41) is 14.1. The highest BCUT2D eigenvalue weighted by Crippen LogP contribution is 2.26. The molecule has 0 saturated carbocycles. The van der Waals surface area contributed by atoms with E-state index in [4.69, 9.17) is 4.74 Å². The Morgan fingerprint density at radius 1 is 1.29 bits per heavy atom. The predicted molar refractivity (Wildman–Crippen MR) is 80.8 cm³/mol. The molecule has 0 saturated heterocycles. The fraction of sp³-hybridized carbons (Fsp3) is 0.250. The number of benzene rings is 2. The van der Waals surface area contributed by atoms with Crippen LogP contribution in [-0.2, 0) is 13.0 Å². The van der Waals surface area contributed by atoms with Crippen molar-refractivity contribution in [3.8, 4) is 5.75 Å². The lowest BCUT2D eigenvalue weighted by molar-refractivity contribution is -0.385. The fourth-order valence-corrected chi connectivity index (χ4v) is 2.52. The largest absolute Gasteiger partial charge is 0.493 e. The van der Waals surface area contributed by atoms with Gasteiger partial charge in [-0.15, -0.1) is 0 Å². The lowest BCUT2D eigenvalue weighted by Gasteiger charge is -2.09. The first-order chi connectivity index (χ1) is 10.1. The number of rotatable bonds is 4. The second-order valence-corrected chi connectivity index (χ2v) is 5.15. The number of aryl methyl sites for hydroxylation is 1. The molecular weight excluding hydrogens is 268 g/mol. The summed E-state index contributed by atoms with van der Waals surface area (Å²) in [6.45, 7) is 3.19. The molecular formula is C16H16N2O3. The molecule has 0 amide bonds. The van der Waals surface area contributed by atoms with Gasteiger partial charge in [-0.25, -0.2) is 0 Å². The SMILES string of the molecule is Cc1cc(NCc2ccc3c(c2)CCO3)ccc1[N+](=O)[O-]. The molecule has 0 atom stereocenters. The van der Waals surface area contributed by atoms with Gasteiger partial charge >= 0.3 is 0 Å². The average Bonchev–Trinajstić information content (AvgIpc) is 2.92. The smallest absolute Gasteiger partial charge is 0.272 e. The molecule has 3 rings (SSSR count). The second-order valence-electron chi connectivity index (χ2n) is 5.15. The molecule has 0 aromatic heterocycles. The standard InChI is InChI=1S/C16H16N2O3/c1-11-8-14(3-4-15(11)18(19)20)17-10-12-2-5-16-13(9-12)6-7-21-16/h2-5,8-9,17H,6-7,10H2,1H3. The highest BCUT2D eigenvalue weighted by atomic mass is 16.6. The Hall–Kier alpha value is -2.56. The van der Waals surface area contributed by atoms with E-state index in [0.717, 1.165) is 24.5 Å². The first-order valence-corrected chi connectivity index (χ1v) is 6.87. The molecule has 1 aliphatic rings. The summed E-state index contributed by atoms with van der Waals surface area (Å²) in [7, 11) is 0. The Morgan fingerprint density at radius 3 is 2.90 bits per heavy atom. The molecule has 1 heterocycles. The molecule has 0 bridgehead atoms. The van der Waals surface area contributed by atoms with E-state index < -0.39 is 0 Å². The molecule has 21 heavy (non-hydrogen) atoms. The summed E-state index contributed by atoms with van der Waals surface area (Å²) >= 11 is 0. The van der Waals surface area contributed by atoms with Gasteiger partial charge in [-0.3, -0.25) is 10.1 Å². The van der Waals surface area contributed by atoms with E-state index in [1.54, 1.807) is 19.1 Å². The average molecular weight is 284 g/mol. The van der Waals surface area contributed by atoms with E-state index in [1.807, 2.05) is 12.1 Å². The number of hydrogen-bond acceptors (Lipinski definition) is 4. The Balaban J connectivity index is 1.70. The molecule has 0 spiro atoms. The zero-order chi connectivity index (χ0) is 14.8. The van der Waals surface area contributed by atoms with Crippen LogP contribution in [0.1, 0.15) is 16.7 Å². The van der Waals surface area contributed by atoms with Crippen molar-refractivity contribution in [1.29, 1.82) is 0 Å². The van der Waals surface area contributed by atoms with Crippen LogP contribution in [0.4, 0.5) is 11.4 Å². The van der Waals surface area contributed by atoms with Crippen LogP contribution >= 0.6 is 0 Å². The van der Waals surface area contributed by atoms with Gasteiger partial charge in [0.25, 0.3) is 5.69 Å². The summed E-state index contributed by atoms with van der Waals surface area (Å²) < 4.78 is 5.48. The van der Waals surface area contributed by atoms with Crippen LogP contribution in [-0.4, -0.2) is 11.5 Å². The van der Waals surface area contributed by atoms with E-state index in [9.17, 15) is 10.1 Å². The summed E-state index contributed by atoms with van der Waals surface area (Å²) in [6.07, 6.45) is 0.958. The highest BCUT2D eigenvalue weighted by Gasteiger charge is 2.12. The van der Waals surface area contributed by atoms with Gasteiger partial charge in [0.2, 0.25) is 0 Å². The number of nitro groups is 1. The maximum atomic E-state index is 10.8. The second kappa shape index (κ2) is 5.44. The van der Waals surface area contributed by atoms with Crippen molar-refractivity contribution < 1.29 is 9.66 Å². The van der Waals surface area contributed by atoms with Crippen molar-refractivity contribution in [2.75, 3.05) is 11.9 Å². The molecule has 1 aliphatic heterocycles. The molecule has 108 valence electrons. The van der Waals surface area contributed by atoms with Crippen molar-refractivity contribution in [2.24, 2.45) is 0 Å². The minimum absolute atomic E-state index is 0.148. The number of nitrogens with zero attached hydrogens (tertiary/aromatic N) is 1. The van der Waals surface area contributed by atoms with E-state index in [0.29, 0.717) is 12.1 Å². The summed E-state index contributed by atoms with van der Waals surface area (Å²) in [5.74, 6) is 0.977. The zero-order valence-corrected chi connectivity index (χ0v) is 11.8. The molecule has 0 radical (unpaired) electrons. The molecule has 5 heteroatoms. The first kappa shape index (κ1) is 13.4. The van der Waals surface area contributed by atoms with Crippen LogP contribution in [0.3, 0.4) is 0 Å². The molecule has 1 N–H and O–H groups in total. The van der Waals surface area contributed by atoms with Gasteiger partial charge in [0.15, 0.2) is 0 Å². The maximum absolute atomic E-state index is 10.8. The van der Waals surface area contributed by atoms with Crippen LogP contribution in [0.25, 0.3) is 0 Å². The molecule has 5 nitrogen and oxygen atoms in total. The summed E-state index contributed by atoms with van der Waals surface area (Å²) in [4.78, 5) is 10.4. The van der Waals surface area contributed by atoms with E-state index in [1.165, 1.54) is 17.2 Å². The van der Waals surface area contributed by atoms with Crippen molar-refractivity contribution >= 4 is 11.4 Å². The third-order valence-corrected chi connectivity index (χ3v) is 3.64. The topological polar surface area (TPSA) is 64.4 Å². The lowest BCUT2D eigenvalue weighted by atomic mass is 10.1. The monoisotopic (exact) mass is 284 g/mol. The van der Waals surface area contributed by atoms with Gasteiger partial charge in [-0.1, -0.05) is 12.1 Å². The number of nitro benzene ring substituents is 1. The fourth-order valence-electron chi connectivity index (χ4n) is 2.52. The van der Waals surface area contributed by atoms with Gasteiger partial charge in [-0.05, 0) is 36.2 Å². The number of hydrogen-bond donors (Lipinski definition) is 1. The van der Waals surface area contributed by atoms with E-state index in [2.05, 4.69) is 11.4 Å². The molecule has 0 unspecified atom stereocenters. The van der Waals surface area contributed by atoms with Crippen LogP contribution < -0.4 is 10.1 Å². The Bertz CT molecular complexity index is 698. The number of anilines is 1. The molecule has 2 aromatic carbocycles. The lowest BCUT2D eigenvalue weighted by Crippen LogP contribution is -2.01. The Morgan fingerprint density at radius 2 is 2.14 bits per heavy atom. The van der Waals surface area contributed by atoms with Gasteiger partial charge < -0.3 is 10.1 Å². The minimum atomic E-state index is -0.361. The normalized spacial score (nSPS) is 12.6. The van der Waals surface area contributed by atoms with Crippen molar-refractivity contribution in [1.82, 2.24) is 0 Å². The van der Waals surface area contributed by atoms with Gasteiger partial charge in [0, 0.05) is 30.3 Å². The third-order valence-electron chi connectivity index (χ3n) is 3.64. The Kier molecular flexibility index (Phi) is 3.48. The predicted octanol–water partition coefficient (Wildman–Crippen LogP) is 3.45. The van der Waals surface area contributed by atoms with Crippen LogP contribution in [0.2, 0.25) is 0 Å². The molecule has 2 aromatic rings. The minimum Gasteiger partial charge on any atom is -0.493 e. The molecule has 0 fully saturated rings. The third kappa shape index (κ3) is 2.81. The van der Waals surface area contributed by atoms with Gasteiger partial charge in [0.05, 0.1) is 11.5 Å². The van der Waals surface area contributed by atoms with Crippen molar-refractivity contribution in [2.45, 2.75) is 19.9 Å². The van der Waals surface area contributed by atoms with Gasteiger partial charge in [-0.2, -0.15) is 0 Å². The number of ether oxygens (including phenoxy) is 1. The van der Waals surface area contributed by atoms with E-state index >= 15 is 0 Å². The Labute approximate surface area is 122 Å². The first-order valence-electron chi connectivity index (χ1n) is 6.87. The number of fused-ring (bicyclic) bond motifs is 1. The number of nitrogens with one attached hydrogen (secondary N) is 1.